The van der Waals surface area contributed by atoms with E-state index >= 15 is 0 Å². The SMILES string of the molecule is CC(C)c1cnc(C2(CO)CC2)cn1. The third-order valence-electron chi connectivity index (χ3n) is 2.96. The summed E-state index contributed by atoms with van der Waals surface area (Å²) in [6.07, 6.45) is 5.73. The average Bonchev–Trinajstić information content (AvgIpc) is 2.99. The topological polar surface area (TPSA) is 46.0 Å². The minimum absolute atomic E-state index is 0.0531. The number of aromatic nitrogens is 2. The lowest BCUT2D eigenvalue weighted by Crippen LogP contribution is -2.14. The van der Waals surface area contributed by atoms with Crippen LogP contribution in [0.5, 0.6) is 0 Å². The zero-order valence-corrected chi connectivity index (χ0v) is 8.70. The second-order valence-corrected chi connectivity index (χ2v) is 4.42. The Kier molecular flexibility index (Phi) is 2.27. The minimum atomic E-state index is -0.0531. The first-order valence-corrected chi connectivity index (χ1v) is 5.11. The monoisotopic (exact) mass is 192 g/mol. The molecule has 1 aliphatic rings. The summed E-state index contributed by atoms with van der Waals surface area (Å²) in [4.78, 5) is 8.74. The van der Waals surface area contributed by atoms with E-state index in [1.165, 1.54) is 0 Å². The van der Waals surface area contributed by atoms with E-state index in [9.17, 15) is 5.11 Å². The summed E-state index contributed by atoms with van der Waals surface area (Å²) in [7, 11) is 0. The van der Waals surface area contributed by atoms with E-state index in [-0.39, 0.29) is 12.0 Å². The van der Waals surface area contributed by atoms with Crippen LogP contribution in [0, 0.1) is 0 Å². The fourth-order valence-electron chi connectivity index (χ4n) is 1.56. The lowest BCUT2D eigenvalue weighted by molar-refractivity contribution is 0.252. The zero-order valence-electron chi connectivity index (χ0n) is 8.70. The molecule has 0 saturated heterocycles. The van der Waals surface area contributed by atoms with Crippen molar-refractivity contribution < 1.29 is 5.11 Å². The summed E-state index contributed by atoms with van der Waals surface area (Å²) >= 11 is 0. The van der Waals surface area contributed by atoms with E-state index in [1.807, 2.05) is 12.4 Å². The predicted molar refractivity (Wildman–Crippen MR) is 54.1 cm³/mol. The molecular weight excluding hydrogens is 176 g/mol. The molecule has 14 heavy (non-hydrogen) atoms. The van der Waals surface area contributed by atoms with Gasteiger partial charge in [0.05, 0.1) is 18.0 Å². The summed E-state index contributed by atoms with van der Waals surface area (Å²) in [6.45, 7) is 4.40. The molecule has 0 unspecified atom stereocenters. The van der Waals surface area contributed by atoms with Crippen LogP contribution >= 0.6 is 0 Å². The van der Waals surface area contributed by atoms with Gasteiger partial charge >= 0.3 is 0 Å². The van der Waals surface area contributed by atoms with Gasteiger partial charge in [0.25, 0.3) is 0 Å². The Labute approximate surface area is 84.2 Å². The molecule has 0 radical (unpaired) electrons. The molecule has 1 heterocycles. The van der Waals surface area contributed by atoms with Crippen LogP contribution in [-0.4, -0.2) is 21.7 Å². The van der Waals surface area contributed by atoms with Crippen molar-refractivity contribution in [1.82, 2.24) is 9.97 Å². The van der Waals surface area contributed by atoms with E-state index in [0.717, 1.165) is 24.2 Å². The van der Waals surface area contributed by atoms with Gasteiger partial charge in [-0.2, -0.15) is 0 Å². The fourth-order valence-corrected chi connectivity index (χ4v) is 1.56. The van der Waals surface area contributed by atoms with Crippen LogP contribution in [0.3, 0.4) is 0 Å². The highest BCUT2D eigenvalue weighted by Crippen LogP contribution is 2.46. The Hall–Kier alpha value is -0.960. The normalized spacial score (nSPS) is 18.6. The van der Waals surface area contributed by atoms with Crippen molar-refractivity contribution in [3.63, 3.8) is 0 Å². The molecule has 3 nitrogen and oxygen atoms in total. The van der Waals surface area contributed by atoms with Gasteiger partial charge in [-0.3, -0.25) is 9.97 Å². The van der Waals surface area contributed by atoms with E-state index in [1.54, 1.807) is 0 Å². The van der Waals surface area contributed by atoms with Crippen molar-refractivity contribution in [3.05, 3.63) is 23.8 Å². The van der Waals surface area contributed by atoms with Gasteiger partial charge in [-0.1, -0.05) is 13.8 Å². The molecular formula is C11H16N2O. The average molecular weight is 192 g/mol. The molecule has 0 aromatic carbocycles. The van der Waals surface area contributed by atoms with Gasteiger partial charge in [-0.25, -0.2) is 0 Å². The maximum Gasteiger partial charge on any atom is 0.0671 e. The van der Waals surface area contributed by atoms with Crippen LogP contribution in [0.2, 0.25) is 0 Å². The second-order valence-electron chi connectivity index (χ2n) is 4.42. The van der Waals surface area contributed by atoms with Crippen LogP contribution in [0.15, 0.2) is 12.4 Å². The van der Waals surface area contributed by atoms with Crippen molar-refractivity contribution in [3.8, 4) is 0 Å². The first kappa shape index (κ1) is 9.59. The standard InChI is InChI=1S/C11H16N2O/c1-8(2)9-5-13-10(6-12-9)11(7-14)3-4-11/h5-6,8,14H,3-4,7H2,1-2H3. The highest BCUT2D eigenvalue weighted by molar-refractivity contribution is 5.23. The number of rotatable bonds is 3. The van der Waals surface area contributed by atoms with Crippen LogP contribution in [0.25, 0.3) is 0 Å². The molecule has 1 aliphatic carbocycles. The third-order valence-corrected chi connectivity index (χ3v) is 2.96. The molecule has 0 spiro atoms. The molecule has 1 fully saturated rings. The van der Waals surface area contributed by atoms with Crippen LogP contribution in [-0.2, 0) is 5.41 Å². The first-order chi connectivity index (χ1) is 6.68. The number of aliphatic hydroxyl groups excluding tert-OH is 1. The summed E-state index contributed by atoms with van der Waals surface area (Å²) in [5.74, 6) is 0.417. The van der Waals surface area contributed by atoms with Gasteiger partial charge in [-0.15, -0.1) is 0 Å². The van der Waals surface area contributed by atoms with E-state index in [2.05, 4.69) is 23.8 Å². The number of nitrogens with zero attached hydrogens (tertiary/aromatic N) is 2. The lowest BCUT2D eigenvalue weighted by Gasteiger charge is -2.11. The quantitative estimate of drug-likeness (QED) is 0.791. The molecule has 2 rings (SSSR count). The van der Waals surface area contributed by atoms with Gasteiger partial charge in [0, 0.05) is 17.8 Å². The maximum atomic E-state index is 9.22. The molecule has 76 valence electrons. The molecule has 0 aliphatic heterocycles. The highest BCUT2D eigenvalue weighted by Gasteiger charge is 2.45. The van der Waals surface area contributed by atoms with E-state index in [4.69, 9.17) is 0 Å². The molecule has 1 aromatic rings. The Morgan fingerprint density at radius 1 is 1.36 bits per heavy atom. The zero-order chi connectivity index (χ0) is 10.2. The molecule has 0 bridgehead atoms. The van der Waals surface area contributed by atoms with Crippen molar-refractivity contribution in [2.45, 2.75) is 38.0 Å². The largest absolute Gasteiger partial charge is 0.395 e. The second kappa shape index (κ2) is 3.31. The summed E-state index contributed by atoms with van der Waals surface area (Å²) in [6, 6.07) is 0. The molecule has 0 amide bonds. The summed E-state index contributed by atoms with van der Waals surface area (Å²) in [5.41, 5.74) is 1.91. The Morgan fingerprint density at radius 3 is 2.43 bits per heavy atom. The number of hydrogen-bond donors (Lipinski definition) is 1. The minimum Gasteiger partial charge on any atom is -0.395 e. The van der Waals surface area contributed by atoms with Gasteiger partial charge in [0.15, 0.2) is 0 Å². The Bertz CT molecular complexity index is 315. The predicted octanol–water partition coefficient (Wildman–Crippen LogP) is 1.62. The summed E-state index contributed by atoms with van der Waals surface area (Å²) < 4.78 is 0. The molecule has 3 heteroatoms. The molecule has 1 saturated carbocycles. The smallest absolute Gasteiger partial charge is 0.0671 e. The van der Waals surface area contributed by atoms with Crippen molar-refractivity contribution in [1.29, 1.82) is 0 Å². The van der Waals surface area contributed by atoms with Gasteiger partial charge in [0.1, 0.15) is 0 Å². The molecule has 0 atom stereocenters. The van der Waals surface area contributed by atoms with Crippen molar-refractivity contribution in [2.24, 2.45) is 0 Å². The summed E-state index contributed by atoms with van der Waals surface area (Å²) in [5, 5.41) is 9.22. The van der Waals surface area contributed by atoms with Crippen LogP contribution in [0.4, 0.5) is 0 Å². The fraction of sp³-hybridized carbons (Fsp3) is 0.636. The van der Waals surface area contributed by atoms with Crippen molar-refractivity contribution >= 4 is 0 Å². The van der Waals surface area contributed by atoms with E-state index < -0.39 is 0 Å². The van der Waals surface area contributed by atoms with Gasteiger partial charge < -0.3 is 5.11 Å². The maximum absolute atomic E-state index is 9.22. The third kappa shape index (κ3) is 1.52. The van der Waals surface area contributed by atoms with Crippen molar-refractivity contribution in [2.75, 3.05) is 6.61 Å². The van der Waals surface area contributed by atoms with E-state index in [0.29, 0.717) is 5.92 Å². The Morgan fingerprint density at radius 2 is 2.07 bits per heavy atom. The lowest BCUT2D eigenvalue weighted by atomic mass is 10.0. The van der Waals surface area contributed by atoms with Gasteiger partial charge in [0.2, 0.25) is 0 Å². The first-order valence-electron chi connectivity index (χ1n) is 5.11. The van der Waals surface area contributed by atoms with Crippen LogP contribution in [0.1, 0.15) is 44.0 Å². The number of hydrogen-bond acceptors (Lipinski definition) is 3. The van der Waals surface area contributed by atoms with Crippen LogP contribution < -0.4 is 0 Å². The molecule has 1 aromatic heterocycles. The molecule has 1 N–H and O–H groups in total. The van der Waals surface area contributed by atoms with Gasteiger partial charge in [-0.05, 0) is 18.8 Å². The number of aliphatic hydroxyl groups is 1. The Balaban J connectivity index is 2.22. The highest BCUT2D eigenvalue weighted by atomic mass is 16.3.